The van der Waals surface area contributed by atoms with Gasteiger partial charge in [-0.25, -0.2) is 21.9 Å². The van der Waals surface area contributed by atoms with Crippen LogP contribution in [-0.2, 0) is 16.6 Å². The van der Waals surface area contributed by atoms with Gasteiger partial charge in [0, 0.05) is 11.3 Å². The molecule has 2 unspecified atom stereocenters. The smallest absolute Gasteiger partial charge is 0.243 e. The van der Waals surface area contributed by atoms with E-state index in [0.29, 0.717) is 6.42 Å². The zero-order chi connectivity index (χ0) is 15.6. The van der Waals surface area contributed by atoms with E-state index in [2.05, 4.69) is 4.72 Å². The minimum absolute atomic E-state index is 0.153. The van der Waals surface area contributed by atoms with Crippen molar-refractivity contribution in [2.24, 2.45) is 0 Å². The molecule has 1 aliphatic carbocycles. The lowest BCUT2D eigenvalue weighted by atomic mass is 10.2. The van der Waals surface area contributed by atoms with Gasteiger partial charge in [0.25, 0.3) is 0 Å². The predicted molar refractivity (Wildman–Crippen MR) is 77.5 cm³/mol. The van der Waals surface area contributed by atoms with Gasteiger partial charge in [-0.2, -0.15) is 11.8 Å². The topological polar surface area (TPSA) is 66.4 Å². The Hall–Kier alpha value is -0.700. The van der Waals surface area contributed by atoms with Crippen molar-refractivity contribution < 1.29 is 22.3 Å². The number of sulfonamides is 1. The molecule has 0 bridgehead atoms. The Morgan fingerprint density at radius 1 is 1.38 bits per heavy atom. The van der Waals surface area contributed by atoms with Crippen LogP contribution in [0, 0.1) is 11.6 Å². The second-order valence-corrected chi connectivity index (χ2v) is 7.69. The van der Waals surface area contributed by atoms with E-state index in [9.17, 15) is 17.2 Å². The third kappa shape index (κ3) is 3.39. The first kappa shape index (κ1) is 16.7. The molecule has 1 aromatic rings. The van der Waals surface area contributed by atoms with E-state index < -0.39 is 38.7 Å². The summed E-state index contributed by atoms with van der Waals surface area (Å²) in [6.07, 6.45) is 4.41. The Balaban J connectivity index is 2.32. The highest BCUT2D eigenvalue weighted by Crippen LogP contribution is 2.30. The second-order valence-electron chi connectivity index (χ2n) is 4.93. The Bertz CT molecular complexity index is 622. The molecule has 21 heavy (non-hydrogen) atoms. The lowest BCUT2D eigenvalue weighted by Gasteiger charge is -2.19. The normalized spacial score (nSPS) is 22.7. The first-order valence-electron chi connectivity index (χ1n) is 6.53. The van der Waals surface area contributed by atoms with Gasteiger partial charge in [0.1, 0.15) is 10.7 Å². The highest BCUT2D eigenvalue weighted by atomic mass is 32.2. The van der Waals surface area contributed by atoms with Crippen molar-refractivity contribution in [3.05, 3.63) is 29.3 Å². The summed E-state index contributed by atoms with van der Waals surface area (Å²) in [6.45, 7) is -0.891. The molecular weight excluding hydrogens is 320 g/mol. The molecule has 8 heteroatoms. The van der Waals surface area contributed by atoms with E-state index in [0.717, 1.165) is 25.0 Å². The fourth-order valence-electron chi connectivity index (χ4n) is 2.53. The maximum Gasteiger partial charge on any atom is 0.243 e. The molecule has 2 N–H and O–H groups in total. The Morgan fingerprint density at radius 2 is 2.10 bits per heavy atom. The summed E-state index contributed by atoms with van der Waals surface area (Å²) in [6, 6.07) is 1.48. The highest BCUT2D eigenvalue weighted by molar-refractivity contribution is 7.99. The van der Waals surface area contributed by atoms with E-state index in [1.165, 1.54) is 0 Å². The van der Waals surface area contributed by atoms with Crippen LogP contribution in [0.4, 0.5) is 8.78 Å². The van der Waals surface area contributed by atoms with E-state index >= 15 is 0 Å². The maximum absolute atomic E-state index is 14.1. The van der Waals surface area contributed by atoms with Crippen LogP contribution in [0.2, 0.25) is 0 Å². The SMILES string of the molecule is CSC1CCCC1NS(=O)(=O)c1ccc(F)c(CO)c1F. The third-order valence-corrected chi connectivity index (χ3v) is 6.34. The van der Waals surface area contributed by atoms with Crippen LogP contribution in [0.25, 0.3) is 0 Å². The molecule has 118 valence electrons. The van der Waals surface area contributed by atoms with Crippen molar-refractivity contribution in [2.45, 2.75) is 42.1 Å². The average molecular weight is 337 g/mol. The van der Waals surface area contributed by atoms with Crippen molar-refractivity contribution in [3.8, 4) is 0 Å². The Morgan fingerprint density at radius 3 is 2.71 bits per heavy atom. The number of aliphatic hydroxyl groups is 1. The number of benzene rings is 1. The molecule has 1 aliphatic rings. The highest BCUT2D eigenvalue weighted by Gasteiger charge is 2.32. The Labute approximate surface area is 127 Å². The molecule has 4 nitrogen and oxygen atoms in total. The van der Waals surface area contributed by atoms with Gasteiger partial charge in [0.15, 0.2) is 5.82 Å². The van der Waals surface area contributed by atoms with Crippen LogP contribution in [0.1, 0.15) is 24.8 Å². The standard InChI is InChI=1S/C13H17F2NO3S2/c1-20-11-4-2-3-10(11)16-21(18,19)12-6-5-9(14)8(7-17)13(12)15/h5-6,10-11,16-17H,2-4,7H2,1H3. The monoisotopic (exact) mass is 337 g/mol. The van der Waals surface area contributed by atoms with Crippen LogP contribution in [0.3, 0.4) is 0 Å². The number of aliphatic hydroxyl groups excluding tert-OH is 1. The molecule has 0 spiro atoms. The molecule has 0 saturated heterocycles. The summed E-state index contributed by atoms with van der Waals surface area (Å²) in [5.74, 6) is -2.19. The number of hydrogen-bond donors (Lipinski definition) is 2. The number of rotatable bonds is 5. The largest absolute Gasteiger partial charge is 0.391 e. The molecule has 0 radical (unpaired) electrons. The van der Waals surface area contributed by atoms with Gasteiger partial charge in [0.05, 0.1) is 12.2 Å². The zero-order valence-corrected chi connectivity index (χ0v) is 13.1. The van der Waals surface area contributed by atoms with Gasteiger partial charge >= 0.3 is 0 Å². The maximum atomic E-state index is 14.1. The van der Waals surface area contributed by atoms with E-state index in [-0.39, 0.29) is 11.3 Å². The van der Waals surface area contributed by atoms with Crippen molar-refractivity contribution in [1.82, 2.24) is 4.72 Å². The molecule has 2 atom stereocenters. The van der Waals surface area contributed by atoms with Gasteiger partial charge in [-0.05, 0) is 31.2 Å². The van der Waals surface area contributed by atoms with E-state index in [1.807, 2.05) is 6.26 Å². The summed E-state index contributed by atoms with van der Waals surface area (Å²) in [5.41, 5.74) is -0.634. The van der Waals surface area contributed by atoms with Crippen molar-refractivity contribution in [3.63, 3.8) is 0 Å². The van der Waals surface area contributed by atoms with Crippen LogP contribution in [0.5, 0.6) is 0 Å². The fourth-order valence-corrected chi connectivity index (χ4v) is 4.97. The van der Waals surface area contributed by atoms with E-state index in [1.54, 1.807) is 11.8 Å². The molecule has 0 heterocycles. The molecule has 1 saturated carbocycles. The fraction of sp³-hybridized carbons (Fsp3) is 0.538. The van der Waals surface area contributed by atoms with Crippen molar-refractivity contribution >= 4 is 21.8 Å². The van der Waals surface area contributed by atoms with Crippen LogP contribution in [-0.4, -0.2) is 31.1 Å². The Kier molecular flexibility index (Phi) is 5.24. The second kappa shape index (κ2) is 6.60. The lowest BCUT2D eigenvalue weighted by molar-refractivity contribution is 0.267. The zero-order valence-electron chi connectivity index (χ0n) is 11.5. The first-order chi connectivity index (χ1) is 9.90. The summed E-state index contributed by atoms with van der Waals surface area (Å²) in [7, 11) is -4.08. The molecular formula is C13H17F2NO3S2. The number of nitrogens with one attached hydrogen (secondary N) is 1. The van der Waals surface area contributed by atoms with Gasteiger partial charge in [-0.15, -0.1) is 0 Å². The van der Waals surface area contributed by atoms with E-state index in [4.69, 9.17) is 5.11 Å². The predicted octanol–water partition coefficient (Wildman–Crippen LogP) is 2.02. The number of halogens is 2. The van der Waals surface area contributed by atoms with Gasteiger partial charge < -0.3 is 5.11 Å². The molecule has 0 aromatic heterocycles. The summed E-state index contributed by atoms with van der Waals surface area (Å²) >= 11 is 1.57. The average Bonchev–Trinajstić information content (AvgIpc) is 2.85. The minimum Gasteiger partial charge on any atom is -0.391 e. The summed E-state index contributed by atoms with van der Waals surface area (Å²) in [4.78, 5) is -0.625. The first-order valence-corrected chi connectivity index (χ1v) is 9.30. The summed E-state index contributed by atoms with van der Waals surface area (Å²) in [5, 5.41) is 9.11. The van der Waals surface area contributed by atoms with Gasteiger partial charge in [-0.1, -0.05) is 6.42 Å². The van der Waals surface area contributed by atoms with Crippen LogP contribution < -0.4 is 4.72 Å². The lowest BCUT2D eigenvalue weighted by Crippen LogP contribution is -2.39. The quantitative estimate of drug-likeness (QED) is 0.863. The summed E-state index contributed by atoms with van der Waals surface area (Å²) < 4.78 is 54.4. The molecule has 0 aliphatic heterocycles. The van der Waals surface area contributed by atoms with Crippen molar-refractivity contribution in [1.29, 1.82) is 0 Å². The van der Waals surface area contributed by atoms with Crippen molar-refractivity contribution in [2.75, 3.05) is 6.26 Å². The molecule has 1 fully saturated rings. The molecule has 0 amide bonds. The minimum atomic E-state index is -4.08. The van der Waals surface area contributed by atoms with Gasteiger partial charge in [-0.3, -0.25) is 0 Å². The van der Waals surface area contributed by atoms with Gasteiger partial charge in [0.2, 0.25) is 10.0 Å². The number of thioether (sulfide) groups is 1. The number of hydrogen-bond acceptors (Lipinski definition) is 4. The molecule has 2 rings (SSSR count). The van der Waals surface area contributed by atoms with Crippen LogP contribution >= 0.6 is 11.8 Å². The molecule has 1 aromatic carbocycles. The third-order valence-electron chi connectivity index (χ3n) is 3.66. The van der Waals surface area contributed by atoms with Crippen LogP contribution in [0.15, 0.2) is 17.0 Å².